The van der Waals surface area contributed by atoms with Crippen LogP contribution in [0.5, 0.6) is 5.75 Å². The molecule has 25 nitrogen and oxygen atoms in total. The molecule has 426 valence electrons. The molecule has 2 aliphatic rings. The molecule has 14 N–H and O–H groups in total. The van der Waals surface area contributed by atoms with Crippen molar-refractivity contribution >= 4 is 83.6 Å². The fraction of sp³-hybridized carbons (Fsp3) is 0.620. The number of hydrogen-bond donors (Lipinski definition) is 11. The third-order valence-corrected chi connectivity index (χ3v) is 14.7. The molecule has 1 aromatic heterocycles. The van der Waals surface area contributed by atoms with Crippen molar-refractivity contribution in [1.82, 2.24) is 46.4 Å². The molecular formula is C50H78N14O11S2. The Hall–Kier alpha value is -6.61. The molecular weight excluding hydrogens is 1040 g/mol. The number of primary amides is 1. The number of esters is 1. The number of aliphatic imine (C=N–C) groups is 1. The van der Waals surface area contributed by atoms with Gasteiger partial charge in [0.2, 0.25) is 41.4 Å². The van der Waals surface area contributed by atoms with Crippen molar-refractivity contribution in [1.29, 1.82) is 0 Å². The van der Waals surface area contributed by atoms with Gasteiger partial charge in [-0.3, -0.25) is 43.3 Å². The zero-order chi connectivity index (χ0) is 56.8. The summed E-state index contributed by atoms with van der Waals surface area (Å²) in [7, 11) is 1.55. The Balaban J connectivity index is 1.57. The lowest BCUT2D eigenvalue weighted by Crippen LogP contribution is -2.61. The summed E-state index contributed by atoms with van der Waals surface area (Å²) in [4.78, 5) is 137. The summed E-state index contributed by atoms with van der Waals surface area (Å²) < 4.78 is 10.4. The molecule has 0 saturated carbocycles. The molecule has 8 amide bonds. The van der Waals surface area contributed by atoms with Gasteiger partial charge in [0.05, 0.1) is 19.5 Å². The normalized spacial score (nSPS) is 17.9. The number of thioether (sulfide) groups is 1. The van der Waals surface area contributed by atoms with Crippen LogP contribution < -0.4 is 54.3 Å². The molecule has 9 atom stereocenters. The van der Waals surface area contributed by atoms with E-state index in [1.54, 1.807) is 26.2 Å². The summed E-state index contributed by atoms with van der Waals surface area (Å²) >= 11 is 5.46. The smallest absolute Gasteiger partial charge is 0.329 e. The Morgan fingerprint density at radius 2 is 1.44 bits per heavy atom. The number of likely N-dealkylation sites (tertiary alicyclic amines) is 2. The number of H-pyrrole nitrogens is 1. The van der Waals surface area contributed by atoms with Gasteiger partial charge in [0.15, 0.2) is 12.6 Å². The maximum atomic E-state index is 14.5. The molecule has 2 aromatic rings. The van der Waals surface area contributed by atoms with Crippen LogP contribution in [0.1, 0.15) is 90.3 Å². The highest BCUT2D eigenvalue weighted by Gasteiger charge is 2.42. The number of ether oxygens (including phenoxy) is 2. The van der Waals surface area contributed by atoms with Crippen LogP contribution in [0.25, 0.3) is 0 Å². The van der Waals surface area contributed by atoms with Gasteiger partial charge in [-0.2, -0.15) is 24.4 Å². The third kappa shape index (κ3) is 19.7. The van der Waals surface area contributed by atoms with Crippen LogP contribution in [0, 0.1) is 11.8 Å². The van der Waals surface area contributed by atoms with Gasteiger partial charge in [-0.25, -0.2) is 9.78 Å². The number of thiol groups is 1. The predicted molar refractivity (Wildman–Crippen MR) is 291 cm³/mol. The Bertz CT molecular complexity index is 2340. The SMILES string of the molecule is CC[C@H](C)[C@H](NC(=O)[C@@H]1CCCN1C(=O)[C@H](Cc1cnc[nH]1)NC(=O)[C@@H](N)CS)C(=O)N[C@@H](CCCN=C(N)N)C(=O)N[C@@H](CC(C)C)C(=O)N[C@@H](CSCc1ccc(OC)cc1)C(=O)N1CCC[C@H]1C(=O)OCC(N)=O. The van der Waals surface area contributed by atoms with E-state index in [0.717, 1.165) is 5.56 Å². The summed E-state index contributed by atoms with van der Waals surface area (Å²) in [5, 5.41) is 14.0. The lowest BCUT2D eigenvalue weighted by atomic mass is 9.96. The number of methoxy groups -OCH3 is 1. The van der Waals surface area contributed by atoms with Gasteiger partial charge < -0.3 is 73.8 Å². The quantitative estimate of drug-likeness (QED) is 0.0138. The van der Waals surface area contributed by atoms with E-state index >= 15 is 0 Å². The first-order chi connectivity index (χ1) is 36.7. The Morgan fingerprint density at radius 3 is 2.04 bits per heavy atom. The summed E-state index contributed by atoms with van der Waals surface area (Å²) in [6, 6.07) is -1.75. The second-order valence-electron chi connectivity index (χ2n) is 19.6. The first-order valence-electron chi connectivity index (χ1n) is 25.8. The molecule has 2 aliphatic heterocycles. The van der Waals surface area contributed by atoms with Crippen molar-refractivity contribution < 1.29 is 52.6 Å². The minimum absolute atomic E-state index is 0.0118. The number of aromatic amines is 1. The maximum Gasteiger partial charge on any atom is 0.329 e. The average molecular weight is 1120 g/mol. The highest BCUT2D eigenvalue weighted by Crippen LogP contribution is 2.24. The van der Waals surface area contributed by atoms with Crippen molar-refractivity contribution in [2.75, 3.05) is 44.9 Å². The number of nitrogens with one attached hydrogen (secondary N) is 6. The number of carbonyl (C=O) groups excluding carboxylic acids is 9. The van der Waals surface area contributed by atoms with Gasteiger partial charge in [-0.1, -0.05) is 46.2 Å². The van der Waals surface area contributed by atoms with Crippen LogP contribution in [-0.2, 0) is 60.1 Å². The summed E-state index contributed by atoms with van der Waals surface area (Å²) in [5.74, 6) is -5.83. The van der Waals surface area contributed by atoms with E-state index in [1.165, 1.54) is 34.1 Å². The van der Waals surface area contributed by atoms with E-state index in [9.17, 15) is 43.2 Å². The summed E-state index contributed by atoms with van der Waals surface area (Å²) in [6.45, 7) is 7.04. The lowest BCUT2D eigenvalue weighted by molar-refractivity contribution is -0.156. The van der Waals surface area contributed by atoms with Crippen molar-refractivity contribution in [3.05, 3.63) is 48.0 Å². The Kier molecular flexibility index (Phi) is 25.8. The van der Waals surface area contributed by atoms with Crippen LogP contribution in [0.4, 0.5) is 0 Å². The molecule has 2 saturated heterocycles. The van der Waals surface area contributed by atoms with E-state index in [-0.39, 0.29) is 81.5 Å². The van der Waals surface area contributed by atoms with Gasteiger partial charge in [-0.05, 0) is 74.5 Å². The molecule has 0 radical (unpaired) electrons. The molecule has 0 spiro atoms. The standard InChI is InChI=1S/C50H78N14O11S2/c1-6-29(4)41(62-45(69)38-11-8-18-63(38)47(71)36(21-31-22-55-27-57-31)60-42(66)33(51)24-76)46(70)58-34(10-7-17-56-50(53)54)43(67)59-35(20-28(2)3)44(68)61-37(26-77-25-30-13-15-32(74-5)16-14-30)48(72)64-19-9-12-39(64)49(73)75-23-40(52)65/h13-16,22,27-29,33-39,41,76H,6-12,17-21,23-26,51H2,1-5H3,(H2,52,65)(H,55,57)(H,58,70)(H,59,67)(H,60,66)(H,61,68)(H,62,69)(H4,53,54,56)/t29-,33-,34-,35-,36-,37-,38-,39-,41-/m0/s1. The number of aromatic nitrogens is 2. The number of carbonyl (C=O) groups is 9. The first-order valence-corrected chi connectivity index (χ1v) is 27.6. The van der Waals surface area contributed by atoms with Gasteiger partial charge in [-0.15, -0.1) is 0 Å². The minimum Gasteiger partial charge on any atom is -0.497 e. The van der Waals surface area contributed by atoms with E-state index in [2.05, 4.69) is 54.2 Å². The van der Waals surface area contributed by atoms with Crippen molar-refractivity contribution in [3.63, 3.8) is 0 Å². The van der Waals surface area contributed by atoms with Crippen LogP contribution >= 0.6 is 24.4 Å². The fourth-order valence-corrected chi connectivity index (χ4v) is 9.99. The van der Waals surface area contributed by atoms with Crippen LogP contribution in [0.3, 0.4) is 0 Å². The lowest BCUT2D eigenvalue weighted by Gasteiger charge is -2.32. The number of imidazole rings is 1. The number of amides is 8. The topological polar surface area (TPSA) is 384 Å². The molecule has 4 rings (SSSR count). The highest BCUT2D eigenvalue weighted by atomic mass is 32.2. The third-order valence-electron chi connectivity index (χ3n) is 13.2. The van der Waals surface area contributed by atoms with E-state index < -0.39 is 114 Å². The molecule has 27 heteroatoms. The number of benzene rings is 1. The van der Waals surface area contributed by atoms with E-state index in [4.69, 9.17) is 32.4 Å². The van der Waals surface area contributed by atoms with Gasteiger partial charge >= 0.3 is 5.97 Å². The van der Waals surface area contributed by atoms with E-state index in [0.29, 0.717) is 36.5 Å². The number of rotatable bonds is 31. The number of guanidine groups is 1. The van der Waals surface area contributed by atoms with Crippen LogP contribution in [-0.4, -0.2) is 172 Å². The molecule has 1 aromatic carbocycles. The van der Waals surface area contributed by atoms with Crippen LogP contribution in [0.15, 0.2) is 41.8 Å². The maximum absolute atomic E-state index is 14.5. The zero-order valence-corrected chi connectivity index (χ0v) is 46.2. The predicted octanol–water partition coefficient (Wildman–Crippen LogP) is -1.27. The molecule has 77 heavy (non-hydrogen) atoms. The molecule has 2 fully saturated rings. The molecule has 0 aliphatic carbocycles. The second kappa shape index (κ2) is 31.6. The number of hydrogen-bond acceptors (Lipinski definition) is 16. The summed E-state index contributed by atoms with van der Waals surface area (Å²) in [5.41, 5.74) is 23.7. The van der Waals surface area contributed by atoms with Gasteiger partial charge in [0, 0.05) is 55.2 Å². The minimum atomic E-state index is -1.29. The largest absolute Gasteiger partial charge is 0.497 e. The second-order valence-corrected chi connectivity index (χ2v) is 21.0. The van der Waals surface area contributed by atoms with Crippen molar-refractivity contribution in [2.45, 2.75) is 140 Å². The number of nitrogens with zero attached hydrogens (tertiary/aromatic N) is 4. The van der Waals surface area contributed by atoms with Crippen molar-refractivity contribution in [2.24, 2.45) is 39.8 Å². The Morgan fingerprint density at radius 1 is 0.831 bits per heavy atom. The van der Waals surface area contributed by atoms with Gasteiger partial charge in [0.25, 0.3) is 5.91 Å². The Labute approximate surface area is 458 Å². The highest BCUT2D eigenvalue weighted by molar-refractivity contribution is 7.98. The average Bonchev–Trinajstić information content (AvgIpc) is 4.23. The fourth-order valence-electron chi connectivity index (χ4n) is 8.82. The van der Waals surface area contributed by atoms with Gasteiger partial charge in [0.1, 0.15) is 48.0 Å². The zero-order valence-electron chi connectivity index (χ0n) is 44.5. The van der Waals surface area contributed by atoms with E-state index in [1.807, 2.05) is 32.9 Å². The summed E-state index contributed by atoms with van der Waals surface area (Å²) in [6.07, 6.45) is 5.11. The first kappa shape index (κ1) is 62.9. The molecule has 0 bridgehead atoms. The number of nitrogens with two attached hydrogens (primary N) is 4. The monoisotopic (exact) mass is 1110 g/mol. The molecule has 3 heterocycles. The van der Waals surface area contributed by atoms with Crippen LogP contribution in [0.2, 0.25) is 0 Å². The molecule has 0 unspecified atom stereocenters. The van der Waals surface area contributed by atoms with Crippen molar-refractivity contribution in [3.8, 4) is 5.75 Å².